The van der Waals surface area contributed by atoms with Gasteiger partial charge in [0.1, 0.15) is 5.82 Å². The van der Waals surface area contributed by atoms with Gasteiger partial charge >= 0.3 is 0 Å². The number of ether oxygens (including phenoxy) is 1. The summed E-state index contributed by atoms with van der Waals surface area (Å²) >= 11 is 0. The smallest absolute Gasteiger partial charge is 0.227 e. The van der Waals surface area contributed by atoms with Gasteiger partial charge in [0.15, 0.2) is 0 Å². The van der Waals surface area contributed by atoms with Gasteiger partial charge in [-0.15, -0.1) is 0 Å². The summed E-state index contributed by atoms with van der Waals surface area (Å²) in [6.45, 7) is 4.91. The molecule has 3 heterocycles. The van der Waals surface area contributed by atoms with Crippen molar-refractivity contribution in [2.24, 2.45) is 0 Å². The van der Waals surface area contributed by atoms with Crippen LogP contribution in [0.15, 0.2) is 42.7 Å². The average molecular weight is 378 g/mol. The molecule has 6 nitrogen and oxygen atoms in total. The highest BCUT2D eigenvalue weighted by atomic mass is 16.5. The standard InChI is InChI=1S/C22H26N4O2/c1-16-4-3-5-17(12-16)13-21(27)25-9-7-18(15-25)22-24-19-6-8-23-14-20(19)26(22)10-11-28-2/h3-6,8,12,14,18H,7,9-11,13,15H2,1-2H3/t18-/m1/s1. The molecule has 2 aromatic heterocycles. The van der Waals surface area contributed by atoms with Gasteiger partial charge in [-0.25, -0.2) is 4.98 Å². The summed E-state index contributed by atoms with van der Waals surface area (Å²) in [5, 5.41) is 0. The Hall–Kier alpha value is -2.73. The van der Waals surface area contributed by atoms with E-state index in [1.807, 2.05) is 29.3 Å². The minimum absolute atomic E-state index is 0.189. The average Bonchev–Trinajstić information content (AvgIpc) is 3.31. The number of pyridine rings is 1. The van der Waals surface area contributed by atoms with Gasteiger partial charge in [-0.2, -0.15) is 0 Å². The number of nitrogens with zero attached hydrogens (tertiary/aromatic N) is 4. The van der Waals surface area contributed by atoms with E-state index in [1.54, 1.807) is 13.3 Å². The van der Waals surface area contributed by atoms with Gasteiger partial charge in [-0.3, -0.25) is 9.78 Å². The number of hydrogen-bond donors (Lipinski definition) is 0. The Kier molecular flexibility index (Phi) is 5.39. The van der Waals surface area contributed by atoms with Gasteiger partial charge in [0, 0.05) is 38.9 Å². The van der Waals surface area contributed by atoms with Gasteiger partial charge in [0.2, 0.25) is 5.91 Å². The van der Waals surface area contributed by atoms with E-state index in [2.05, 4.69) is 28.6 Å². The third kappa shape index (κ3) is 3.78. The Labute approximate surface area is 165 Å². The summed E-state index contributed by atoms with van der Waals surface area (Å²) < 4.78 is 7.48. The zero-order valence-corrected chi connectivity index (χ0v) is 16.5. The van der Waals surface area contributed by atoms with Crippen LogP contribution in [0.1, 0.15) is 29.3 Å². The predicted octanol–water partition coefficient (Wildman–Crippen LogP) is 2.94. The zero-order valence-electron chi connectivity index (χ0n) is 16.5. The molecule has 1 aliphatic rings. The molecule has 3 aromatic rings. The zero-order chi connectivity index (χ0) is 19.5. The number of carbonyl (C=O) groups is 1. The molecule has 0 bridgehead atoms. The summed E-state index contributed by atoms with van der Waals surface area (Å²) in [7, 11) is 1.71. The second kappa shape index (κ2) is 8.10. The fraction of sp³-hybridized carbons (Fsp3) is 0.409. The van der Waals surface area contributed by atoms with Gasteiger partial charge < -0.3 is 14.2 Å². The minimum Gasteiger partial charge on any atom is -0.383 e. The maximum Gasteiger partial charge on any atom is 0.227 e. The lowest BCUT2D eigenvalue weighted by molar-refractivity contribution is -0.129. The SMILES string of the molecule is COCCn1c([C@@H]2CCN(C(=O)Cc3cccc(C)c3)C2)nc2ccncc21. The number of aromatic nitrogens is 3. The molecule has 1 aliphatic heterocycles. The molecule has 0 N–H and O–H groups in total. The molecule has 6 heteroatoms. The number of carbonyl (C=O) groups excluding carboxylic acids is 1. The lowest BCUT2D eigenvalue weighted by atomic mass is 10.1. The Morgan fingerprint density at radius 3 is 3.04 bits per heavy atom. The van der Waals surface area contributed by atoms with Crippen molar-refractivity contribution in [3.63, 3.8) is 0 Å². The van der Waals surface area contributed by atoms with Crippen molar-refractivity contribution in [2.45, 2.75) is 32.2 Å². The van der Waals surface area contributed by atoms with Crippen molar-refractivity contribution < 1.29 is 9.53 Å². The van der Waals surface area contributed by atoms with Crippen molar-refractivity contribution in [3.8, 4) is 0 Å². The highest BCUT2D eigenvalue weighted by Crippen LogP contribution is 2.29. The number of likely N-dealkylation sites (tertiary alicyclic amines) is 1. The molecule has 0 unspecified atom stereocenters. The van der Waals surface area contributed by atoms with Crippen molar-refractivity contribution >= 4 is 16.9 Å². The van der Waals surface area contributed by atoms with Crippen LogP contribution < -0.4 is 0 Å². The van der Waals surface area contributed by atoms with Crippen LogP contribution in [0, 0.1) is 6.92 Å². The van der Waals surface area contributed by atoms with E-state index in [0.29, 0.717) is 19.6 Å². The molecule has 1 atom stereocenters. The molecule has 0 aliphatic carbocycles. The number of fused-ring (bicyclic) bond motifs is 1. The Balaban J connectivity index is 1.51. The van der Waals surface area contributed by atoms with Gasteiger partial charge in [0.05, 0.1) is 30.3 Å². The molecule has 1 fully saturated rings. The second-order valence-electron chi connectivity index (χ2n) is 7.47. The van der Waals surface area contributed by atoms with E-state index >= 15 is 0 Å². The maximum absolute atomic E-state index is 12.8. The minimum atomic E-state index is 0.189. The summed E-state index contributed by atoms with van der Waals surface area (Å²) in [6, 6.07) is 10.1. The van der Waals surface area contributed by atoms with Gasteiger partial charge in [-0.1, -0.05) is 29.8 Å². The van der Waals surface area contributed by atoms with Crippen molar-refractivity contribution in [3.05, 3.63) is 59.7 Å². The van der Waals surface area contributed by atoms with Crippen LogP contribution in [0.5, 0.6) is 0 Å². The first-order valence-corrected chi connectivity index (χ1v) is 9.78. The topological polar surface area (TPSA) is 60.2 Å². The van der Waals surface area contributed by atoms with Crippen LogP contribution in [0.25, 0.3) is 11.0 Å². The summed E-state index contributed by atoms with van der Waals surface area (Å²) in [5.41, 5.74) is 4.24. The molecule has 0 spiro atoms. The number of amides is 1. The lowest BCUT2D eigenvalue weighted by Gasteiger charge is -2.17. The van der Waals surface area contributed by atoms with Crippen LogP contribution in [-0.2, 0) is 22.5 Å². The molecular weight excluding hydrogens is 352 g/mol. The van der Waals surface area contributed by atoms with Crippen molar-refractivity contribution in [1.82, 2.24) is 19.4 Å². The quantitative estimate of drug-likeness (QED) is 0.662. The van der Waals surface area contributed by atoms with Crippen LogP contribution in [-0.4, -0.2) is 52.1 Å². The summed E-state index contributed by atoms with van der Waals surface area (Å²) in [6.07, 6.45) is 5.02. The Bertz CT molecular complexity index is 982. The second-order valence-corrected chi connectivity index (χ2v) is 7.47. The fourth-order valence-electron chi connectivity index (χ4n) is 4.02. The normalized spacial score (nSPS) is 16.8. The summed E-state index contributed by atoms with van der Waals surface area (Å²) in [5.74, 6) is 1.46. The highest BCUT2D eigenvalue weighted by molar-refractivity contribution is 5.79. The molecule has 4 rings (SSSR count). The van der Waals surface area contributed by atoms with Crippen LogP contribution in [0.4, 0.5) is 0 Å². The van der Waals surface area contributed by atoms with Crippen LogP contribution in [0.2, 0.25) is 0 Å². The predicted molar refractivity (Wildman–Crippen MR) is 108 cm³/mol. The number of hydrogen-bond acceptors (Lipinski definition) is 4. The first-order chi connectivity index (χ1) is 13.7. The van der Waals surface area contributed by atoms with E-state index < -0.39 is 0 Å². The number of benzene rings is 1. The van der Waals surface area contributed by atoms with Gasteiger partial charge in [-0.05, 0) is 25.0 Å². The molecule has 0 radical (unpaired) electrons. The van der Waals surface area contributed by atoms with E-state index in [0.717, 1.165) is 41.9 Å². The molecule has 28 heavy (non-hydrogen) atoms. The van der Waals surface area contributed by atoms with E-state index in [9.17, 15) is 4.79 Å². The first-order valence-electron chi connectivity index (χ1n) is 9.78. The molecule has 1 saturated heterocycles. The number of imidazole rings is 1. The van der Waals surface area contributed by atoms with Crippen molar-refractivity contribution in [1.29, 1.82) is 0 Å². The molecule has 0 saturated carbocycles. The monoisotopic (exact) mass is 378 g/mol. The maximum atomic E-state index is 12.8. The van der Waals surface area contributed by atoms with E-state index in [1.165, 1.54) is 5.56 Å². The van der Waals surface area contributed by atoms with Gasteiger partial charge in [0.25, 0.3) is 0 Å². The van der Waals surface area contributed by atoms with E-state index in [4.69, 9.17) is 9.72 Å². The van der Waals surface area contributed by atoms with Crippen LogP contribution >= 0.6 is 0 Å². The first kappa shape index (κ1) is 18.6. The largest absolute Gasteiger partial charge is 0.383 e. The third-order valence-corrected chi connectivity index (χ3v) is 5.44. The summed E-state index contributed by atoms with van der Waals surface area (Å²) in [4.78, 5) is 23.9. The Morgan fingerprint density at radius 1 is 1.32 bits per heavy atom. The van der Waals surface area contributed by atoms with E-state index in [-0.39, 0.29) is 11.8 Å². The molecule has 1 aromatic carbocycles. The highest BCUT2D eigenvalue weighted by Gasteiger charge is 2.31. The van der Waals surface area contributed by atoms with Crippen molar-refractivity contribution in [2.75, 3.05) is 26.8 Å². The van der Waals surface area contributed by atoms with Crippen LogP contribution in [0.3, 0.4) is 0 Å². The molecule has 146 valence electrons. The molecule has 1 amide bonds. The third-order valence-electron chi connectivity index (χ3n) is 5.44. The molecular formula is C22H26N4O2. The number of methoxy groups -OCH3 is 1. The fourth-order valence-corrected chi connectivity index (χ4v) is 4.02. The number of rotatable bonds is 6. The Morgan fingerprint density at radius 2 is 2.21 bits per heavy atom. The lowest BCUT2D eigenvalue weighted by Crippen LogP contribution is -2.30. The number of aryl methyl sites for hydroxylation is 1.